The fourth-order valence-electron chi connectivity index (χ4n) is 3.11. The molecular formula is C19H18N6O2. The Hall–Kier alpha value is -3.55. The summed E-state index contributed by atoms with van der Waals surface area (Å²) in [5.74, 6) is 0.0786. The average Bonchev–Trinajstić information content (AvgIpc) is 3.04. The molecule has 4 rings (SSSR count). The number of para-hydroxylation sites is 1. The summed E-state index contributed by atoms with van der Waals surface area (Å²) in [6.45, 7) is 3.81. The maximum absolute atomic E-state index is 13.0. The van der Waals surface area contributed by atoms with Gasteiger partial charge >= 0.3 is 0 Å². The standard InChI is InChI=1S/C19H18N6O2/c1-11(2)17-18-16(12-5-3-4-6-13(12)22-18)19(27)25(24-17)9-15(26)23-14-7-8-20-10-21-14/h3-8,10-11,22H,9H2,1-2H3,(H,20,21,23,26). The molecule has 0 aliphatic carbocycles. The number of carbonyl (C=O) groups is 1. The Morgan fingerprint density at radius 3 is 2.81 bits per heavy atom. The minimum atomic E-state index is -0.378. The lowest BCUT2D eigenvalue weighted by molar-refractivity contribution is -0.117. The van der Waals surface area contributed by atoms with Gasteiger partial charge in [-0.3, -0.25) is 9.59 Å². The number of anilines is 1. The summed E-state index contributed by atoms with van der Waals surface area (Å²) < 4.78 is 1.22. The van der Waals surface area contributed by atoms with E-state index in [0.717, 1.165) is 22.1 Å². The summed E-state index contributed by atoms with van der Waals surface area (Å²) in [5, 5.41) is 8.48. The van der Waals surface area contributed by atoms with Crippen molar-refractivity contribution in [2.24, 2.45) is 0 Å². The smallest absolute Gasteiger partial charge is 0.277 e. The highest BCUT2D eigenvalue weighted by Crippen LogP contribution is 2.27. The fraction of sp³-hybridized carbons (Fsp3) is 0.211. The number of nitrogens with one attached hydrogen (secondary N) is 2. The molecule has 8 heteroatoms. The van der Waals surface area contributed by atoms with E-state index in [0.29, 0.717) is 11.2 Å². The third-order valence-electron chi connectivity index (χ3n) is 4.33. The zero-order valence-corrected chi connectivity index (χ0v) is 14.9. The van der Waals surface area contributed by atoms with E-state index in [1.54, 1.807) is 6.07 Å². The molecule has 0 fully saturated rings. The topological polar surface area (TPSA) is 106 Å². The van der Waals surface area contributed by atoms with Crippen LogP contribution in [0.25, 0.3) is 21.8 Å². The molecule has 0 saturated carbocycles. The van der Waals surface area contributed by atoms with Gasteiger partial charge in [0, 0.05) is 17.1 Å². The van der Waals surface area contributed by atoms with Crippen LogP contribution >= 0.6 is 0 Å². The molecule has 1 amide bonds. The second kappa shape index (κ2) is 6.64. The van der Waals surface area contributed by atoms with Crippen LogP contribution in [0.4, 0.5) is 5.82 Å². The van der Waals surface area contributed by atoms with Gasteiger partial charge in [0.05, 0.1) is 16.6 Å². The van der Waals surface area contributed by atoms with Crippen molar-refractivity contribution in [2.45, 2.75) is 26.3 Å². The van der Waals surface area contributed by atoms with Gasteiger partial charge in [-0.15, -0.1) is 0 Å². The SMILES string of the molecule is CC(C)c1nn(CC(=O)Nc2ccncn2)c(=O)c2c1[nH]c1ccccc12. The molecular weight excluding hydrogens is 344 g/mol. The molecule has 0 radical (unpaired) electrons. The molecule has 0 aliphatic rings. The molecule has 0 unspecified atom stereocenters. The van der Waals surface area contributed by atoms with E-state index >= 15 is 0 Å². The van der Waals surface area contributed by atoms with Crippen molar-refractivity contribution < 1.29 is 4.79 Å². The largest absolute Gasteiger partial charge is 0.353 e. The second-order valence-corrected chi connectivity index (χ2v) is 6.57. The van der Waals surface area contributed by atoms with E-state index in [9.17, 15) is 9.59 Å². The number of amides is 1. The van der Waals surface area contributed by atoms with Crippen LogP contribution in [0.5, 0.6) is 0 Å². The van der Waals surface area contributed by atoms with Crippen molar-refractivity contribution in [3.05, 3.63) is 58.9 Å². The van der Waals surface area contributed by atoms with Crippen molar-refractivity contribution in [3.63, 3.8) is 0 Å². The third-order valence-corrected chi connectivity index (χ3v) is 4.33. The lowest BCUT2D eigenvalue weighted by Gasteiger charge is -2.11. The summed E-state index contributed by atoms with van der Waals surface area (Å²) >= 11 is 0. The van der Waals surface area contributed by atoms with Crippen molar-refractivity contribution in [1.29, 1.82) is 0 Å². The first-order chi connectivity index (χ1) is 13.0. The molecule has 8 nitrogen and oxygen atoms in total. The monoisotopic (exact) mass is 362 g/mol. The van der Waals surface area contributed by atoms with Crippen LogP contribution in [-0.4, -0.2) is 30.6 Å². The highest BCUT2D eigenvalue weighted by atomic mass is 16.2. The van der Waals surface area contributed by atoms with Gasteiger partial charge in [-0.2, -0.15) is 5.10 Å². The minimum Gasteiger partial charge on any atom is -0.353 e. The number of carbonyl (C=O) groups excluding carboxylic acids is 1. The van der Waals surface area contributed by atoms with Gasteiger partial charge < -0.3 is 10.3 Å². The molecule has 3 aromatic heterocycles. The summed E-state index contributed by atoms with van der Waals surface area (Å²) in [4.78, 5) is 36.5. The van der Waals surface area contributed by atoms with E-state index in [1.807, 2.05) is 38.1 Å². The van der Waals surface area contributed by atoms with Crippen LogP contribution in [0, 0.1) is 0 Å². The van der Waals surface area contributed by atoms with Gasteiger partial charge in [-0.25, -0.2) is 14.6 Å². The van der Waals surface area contributed by atoms with Crippen molar-refractivity contribution in [3.8, 4) is 0 Å². The zero-order valence-electron chi connectivity index (χ0n) is 14.9. The number of hydrogen-bond donors (Lipinski definition) is 2. The first-order valence-electron chi connectivity index (χ1n) is 8.62. The van der Waals surface area contributed by atoms with Crippen LogP contribution in [0.2, 0.25) is 0 Å². The molecule has 27 heavy (non-hydrogen) atoms. The maximum Gasteiger partial charge on any atom is 0.277 e. The van der Waals surface area contributed by atoms with E-state index in [4.69, 9.17) is 0 Å². The third kappa shape index (κ3) is 3.05. The van der Waals surface area contributed by atoms with Crippen molar-refractivity contribution in [1.82, 2.24) is 24.7 Å². The summed E-state index contributed by atoms with van der Waals surface area (Å²) in [6.07, 6.45) is 2.87. The molecule has 136 valence electrons. The maximum atomic E-state index is 13.0. The molecule has 0 spiro atoms. The predicted molar refractivity (Wildman–Crippen MR) is 103 cm³/mol. The van der Waals surface area contributed by atoms with Crippen LogP contribution in [0.3, 0.4) is 0 Å². The second-order valence-electron chi connectivity index (χ2n) is 6.57. The van der Waals surface area contributed by atoms with E-state index in [1.165, 1.54) is 17.2 Å². The number of aromatic amines is 1. The molecule has 0 atom stereocenters. The number of H-pyrrole nitrogens is 1. The van der Waals surface area contributed by atoms with Gasteiger partial charge in [0.25, 0.3) is 5.56 Å². The Morgan fingerprint density at radius 1 is 1.26 bits per heavy atom. The van der Waals surface area contributed by atoms with E-state index in [2.05, 4.69) is 25.4 Å². The Morgan fingerprint density at radius 2 is 2.07 bits per heavy atom. The molecule has 0 aliphatic heterocycles. The van der Waals surface area contributed by atoms with Crippen molar-refractivity contribution in [2.75, 3.05) is 5.32 Å². The fourth-order valence-corrected chi connectivity index (χ4v) is 3.11. The normalized spacial score (nSPS) is 11.4. The molecule has 3 heterocycles. The molecule has 1 aromatic carbocycles. The van der Waals surface area contributed by atoms with Crippen molar-refractivity contribution >= 4 is 33.5 Å². The molecule has 0 saturated heterocycles. The Bertz CT molecular complexity index is 1190. The molecule has 0 bridgehead atoms. The Balaban J connectivity index is 1.81. The first kappa shape index (κ1) is 16.9. The van der Waals surface area contributed by atoms with Gasteiger partial charge in [0.1, 0.15) is 18.7 Å². The summed E-state index contributed by atoms with van der Waals surface area (Å²) in [5.41, 5.74) is 2.04. The highest BCUT2D eigenvalue weighted by molar-refractivity contribution is 6.07. The minimum absolute atomic E-state index is 0.0809. The van der Waals surface area contributed by atoms with Gasteiger partial charge in [0.15, 0.2) is 0 Å². The molecule has 4 aromatic rings. The van der Waals surface area contributed by atoms with Crippen LogP contribution in [0.15, 0.2) is 47.7 Å². The lowest BCUT2D eigenvalue weighted by atomic mass is 10.1. The van der Waals surface area contributed by atoms with Gasteiger partial charge in [-0.1, -0.05) is 32.0 Å². The first-order valence-corrected chi connectivity index (χ1v) is 8.62. The Labute approximate surface area is 154 Å². The molecule has 2 N–H and O–H groups in total. The number of hydrogen-bond acceptors (Lipinski definition) is 5. The van der Waals surface area contributed by atoms with Gasteiger partial charge in [0.2, 0.25) is 5.91 Å². The summed E-state index contributed by atoms with van der Waals surface area (Å²) in [6, 6.07) is 9.19. The van der Waals surface area contributed by atoms with Crippen LogP contribution in [-0.2, 0) is 11.3 Å². The number of nitrogens with zero attached hydrogens (tertiary/aromatic N) is 4. The Kier molecular flexibility index (Phi) is 4.15. The zero-order chi connectivity index (χ0) is 19.0. The van der Waals surface area contributed by atoms with Crippen LogP contribution < -0.4 is 10.9 Å². The predicted octanol–water partition coefficient (Wildman–Crippen LogP) is 2.43. The lowest BCUT2D eigenvalue weighted by Crippen LogP contribution is -2.31. The number of rotatable bonds is 4. The van der Waals surface area contributed by atoms with E-state index in [-0.39, 0.29) is 23.9 Å². The van der Waals surface area contributed by atoms with Gasteiger partial charge in [-0.05, 0) is 18.1 Å². The number of aromatic nitrogens is 5. The number of fused-ring (bicyclic) bond motifs is 3. The number of benzene rings is 1. The quantitative estimate of drug-likeness (QED) is 0.580. The van der Waals surface area contributed by atoms with Crippen LogP contribution in [0.1, 0.15) is 25.5 Å². The highest BCUT2D eigenvalue weighted by Gasteiger charge is 2.19. The summed E-state index contributed by atoms with van der Waals surface area (Å²) in [7, 11) is 0. The van der Waals surface area contributed by atoms with E-state index < -0.39 is 0 Å². The average molecular weight is 362 g/mol.